The maximum Gasteiger partial charge on any atom is 0.224 e. The van der Waals surface area contributed by atoms with Crippen LogP contribution in [0, 0.1) is 46.3 Å². The highest BCUT2D eigenvalue weighted by Gasteiger charge is 2.63. The van der Waals surface area contributed by atoms with Gasteiger partial charge in [-0.3, -0.25) is 4.79 Å². The van der Waals surface area contributed by atoms with Gasteiger partial charge in [-0.2, -0.15) is 0 Å². The van der Waals surface area contributed by atoms with Crippen LogP contribution in [0.1, 0.15) is 85.0 Å². The molecule has 8 heteroatoms. The number of amides is 1. The summed E-state index contributed by atoms with van der Waals surface area (Å²) >= 11 is 0. The Morgan fingerprint density at radius 3 is 2.27 bits per heavy atom. The summed E-state index contributed by atoms with van der Waals surface area (Å²) in [5.74, 6) is 2.88. The largest absolute Gasteiger partial charge is 0.399 e. The highest BCUT2D eigenvalue weighted by atomic mass is 32.2. The van der Waals surface area contributed by atoms with E-state index in [2.05, 4.69) is 26.1 Å². The van der Waals surface area contributed by atoms with Crippen molar-refractivity contribution >= 4 is 27.1 Å². The van der Waals surface area contributed by atoms with Crippen LogP contribution in [0.5, 0.6) is 0 Å². The fraction of sp³-hybridized carbons (Fsp3) is 0.639. The van der Waals surface area contributed by atoms with E-state index in [1.165, 1.54) is 37.1 Å². The minimum atomic E-state index is -3.67. The molecule has 0 heterocycles. The van der Waals surface area contributed by atoms with Crippen LogP contribution in [-0.2, 0) is 14.6 Å². The number of rotatable bonds is 7. The quantitative estimate of drug-likeness (QED) is 0.263. The Bertz CT molecular complexity index is 1460. The van der Waals surface area contributed by atoms with Crippen molar-refractivity contribution in [2.75, 3.05) is 11.1 Å². The van der Waals surface area contributed by atoms with Gasteiger partial charge >= 0.3 is 0 Å². The molecule has 5 N–H and O–H groups in total. The van der Waals surface area contributed by atoms with Crippen LogP contribution >= 0.6 is 0 Å². The number of carbonyl (C=O) groups is 1. The van der Waals surface area contributed by atoms with Gasteiger partial charge in [-0.25, -0.2) is 8.42 Å². The van der Waals surface area contributed by atoms with Gasteiger partial charge in [-0.1, -0.05) is 20.8 Å². The third-order valence-electron chi connectivity index (χ3n) is 13.0. The molecule has 2 unspecified atom stereocenters. The van der Waals surface area contributed by atoms with E-state index in [1.807, 2.05) is 0 Å². The second-order valence-corrected chi connectivity index (χ2v) is 17.0. The molecule has 240 valence electrons. The molecule has 10 atom stereocenters. The topological polar surface area (TPSA) is 130 Å². The van der Waals surface area contributed by atoms with Gasteiger partial charge in [-0.05, 0) is 153 Å². The summed E-state index contributed by atoms with van der Waals surface area (Å²) in [6.07, 6.45) is 9.08. The zero-order valence-electron chi connectivity index (χ0n) is 26.4. The Morgan fingerprint density at radius 1 is 0.932 bits per heavy atom. The van der Waals surface area contributed by atoms with Gasteiger partial charge in [0.2, 0.25) is 15.7 Å². The van der Waals surface area contributed by atoms with Crippen molar-refractivity contribution < 1.29 is 23.4 Å². The Labute approximate surface area is 262 Å². The predicted octanol–water partition coefficient (Wildman–Crippen LogP) is 6.45. The fourth-order valence-corrected chi connectivity index (χ4v) is 11.7. The number of carbonyl (C=O) groups excluding carboxylic acids is 1. The van der Waals surface area contributed by atoms with Crippen LogP contribution in [0.25, 0.3) is 0 Å². The van der Waals surface area contributed by atoms with E-state index in [-0.39, 0.29) is 38.7 Å². The highest BCUT2D eigenvalue weighted by Crippen LogP contribution is 2.68. The number of aliphatic hydroxyl groups is 2. The average Bonchev–Trinajstić information content (AvgIpc) is 3.36. The zero-order valence-corrected chi connectivity index (χ0v) is 27.2. The van der Waals surface area contributed by atoms with Crippen LogP contribution in [0.2, 0.25) is 0 Å². The van der Waals surface area contributed by atoms with E-state index in [1.54, 1.807) is 24.3 Å². The van der Waals surface area contributed by atoms with Crippen LogP contribution in [0.4, 0.5) is 11.4 Å². The van der Waals surface area contributed by atoms with E-state index in [4.69, 9.17) is 5.73 Å². The van der Waals surface area contributed by atoms with E-state index < -0.39 is 9.84 Å². The number of nitrogen functional groups attached to an aromatic ring is 1. The van der Waals surface area contributed by atoms with Gasteiger partial charge in [0.1, 0.15) is 0 Å². The molecule has 0 radical (unpaired) electrons. The second-order valence-electron chi connectivity index (χ2n) is 15.0. The third kappa shape index (κ3) is 5.39. The van der Waals surface area contributed by atoms with Crippen molar-refractivity contribution in [1.29, 1.82) is 0 Å². The second kappa shape index (κ2) is 11.7. The minimum Gasteiger partial charge on any atom is -0.399 e. The number of aliphatic hydroxyl groups excluding tert-OH is 2. The van der Waals surface area contributed by atoms with Gasteiger partial charge in [0, 0.05) is 17.8 Å². The maximum atomic E-state index is 13.0. The summed E-state index contributed by atoms with van der Waals surface area (Å²) in [6.45, 7) is 7.05. The lowest BCUT2D eigenvalue weighted by atomic mass is 9.43. The molecule has 2 aromatic rings. The molecular weight excluding hydrogens is 572 g/mol. The molecule has 0 spiro atoms. The molecule has 4 aliphatic carbocycles. The van der Waals surface area contributed by atoms with Gasteiger partial charge in [0.15, 0.2) is 0 Å². The first-order chi connectivity index (χ1) is 20.8. The molecule has 2 aromatic carbocycles. The molecule has 0 saturated heterocycles. The average molecular weight is 623 g/mol. The summed E-state index contributed by atoms with van der Waals surface area (Å²) in [6, 6.07) is 12.4. The first-order valence-corrected chi connectivity index (χ1v) is 18.2. The summed E-state index contributed by atoms with van der Waals surface area (Å²) < 4.78 is 25.9. The molecule has 7 nitrogen and oxygen atoms in total. The van der Waals surface area contributed by atoms with Crippen molar-refractivity contribution in [2.24, 2.45) is 46.3 Å². The molecule has 0 aromatic heterocycles. The normalized spacial score (nSPS) is 37.3. The number of sulfone groups is 1. The van der Waals surface area contributed by atoms with Crippen LogP contribution in [0.15, 0.2) is 58.3 Å². The molecule has 4 aliphatic rings. The van der Waals surface area contributed by atoms with Gasteiger partial charge in [-0.15, -0.1) is 0 Å². The molecule has 0 aliphatic heterocycles. The molecule has 6 rings (SSSR count). The van der Waals surface area contributed by atoms with Crippen LogP contribution in [-0.4, -0.2) is 36.7 Å². The lowest BCUT2D eigenvalue weighted by Crippen LogP contribution is -2.58. The predicted molar refractivity (Wildman–Crippen MR) is 172 cm³/mol. The van der Waals surface area contributed by atoms with Gasteiger partial charge in [0.25, 0.3) is 0 Å². The van der Waals surface area contributed by atoms with Crippen molar-refractivity contribution in [3.05, 3.63) is 48.5 Å². The van der Waals surface area contributed by atoms with Crippen LogP contribution in [0.3, 0.4) is 0 Å². The first-order valence-electron chi connectivity index (χ1n) is 16.7. The van der Waals surface area contributed by atoms with E-state index in [0.29, 0.717) is 53.3 Å². The number of anilines is 2. The molecule has 0 bridgehead atoms. The summed E-state index contributed by atoms with van der Waals surface area (Å²) in [5, 5.41) is 25.1. The number of nitrogens with two attached hydrogens (primary N) is 1. The van der Waals surface area contributed by atoms with Crippen molar-refractivity contribution in [3.63, 3.8) is 0 Å². The summed E-state index contributed by atoms with van der Waals surface area (Å²) in [5.41, 5.74) is 6.86. The summed E-state index contributed by atoms with van der Waals surface area (Å²) in [4.78, 5) is 13.3. The van der Waals surface area contributed by atoms with Crippen LogP contribution < -0.4 is 11.1 Å². The Kier molecular flexibility index (Phi) is 8.42. The lowest BCUT2D eigenvalue weighted by Gasteiger charge is -2.62. The van der Waals surface area contributed by atoms with E-state index in [0.717, 1.165) is 44.9 Å². The Morgan fingerprint density at radius 2 is 1.59 bits per heavy atom. The summed E-state index contributed by atoms with van der Waals surface area (Å²) in [7, 11) is -3.67. The minimum absolute atomic E-state index is 0.0827. The van der Waals surface area contributed by atoms with Gasteiger partial charge < -0.3 is 21.3 Å². The standard InChI is InChI=1S/C36H50N2O5S/c1-22(4-17-34(41)38-25-8-12-28(13-9-25)44(42,43)27-10-6-24(37)7-11-27)30-15-16-31-29-14-5-23-20-26(39)18-19-35(23,2)32(29)21-33(40)36(30,31)3/h6-13,22-23,26,29-33,39-40H,4-5,14-21,37H2,1-3H3,(H,38,41)/t22-,23-,26-,29+,30-,31?,32?,33+,35+,36-/m1/s1. The number of hydrogen-bond acceptors (Lipinski definition) is 6. The molecule has 1 amide bonds. The lowest BCUT2D eigenvalue weighted by molar-refractivity contribution is -0.174. The van der Waals surface area contributed by atoms with Crippen molar-refractivity contribution in [3.8, 4) is 0 Å². The highest BCUT2D eigenvalue weighted by molar-refractivity contribution is 7.91. The smallest absolute Gasteiger partial charge is 0.224 e. The third-order valence-corrected chi connectivity index (χ3v) is 14.8. The molecule has 44 heavy (non-hydrogen) atoms. The zero-order chi connectivity index (χ0) is 31.4. The Hall–Kier alpha value is -2.42. The van der Waals surface area contributed by atoms with E-state index >= 15 is 0 Å². The maximum absolute atomic E-state index is 13.0. The molecular formula is C36H50N2O5S. The van der Waals surface area contributed by atoms with Gasteiger partial charge in [0.05, 0.1) is 22.0 Å². The fourth-order valence-electron chi connectivity index (χ4n) is 10.4. The Balaban J connectivity index is 1.06. The van der Waals surface area contributed by atoms with Crippen molar-refractivity contribution in [1.82, 2.24) is 0 Å². The van der Waals surface area contributed by atoms with E-state index in [9.17, 15) is 23.4 Å². The molecule has 4 saturated carbocycles. The number of nitrogens with one attached hydrogen (secondary N) is 1. The molecule has 4 fully saturated rings. The monoisotopic (exact) mass is 622 g/mol. The van der Waals surface area contributed by atoms with Crippen molar-refractivity contribution in [2.45, 2.75) is 107 Å². The first kappa shape index (κ1) is 31.6. The number of benzene rings is 2. The SMILES string of the molecule is C[C@H](CCC(=O)Nc1ccc(S(=O)(=O)c2ccc(N)cc2)cc1)[C@H]1CCC2[C@@H]3CC[C@@H]4C[C@H](O)CC[C@]4(C)C3C[C@H](O)[C@@]21C. The number of hydrogen-bond donors (Lipinski definition) is 4. The number of fused-ring (bicyclic) bond motifs is 5.